The van der Waals surface area contributed by atoms with Gasteiger partial charge in [-0.05, 0) is 79.2 Å². The van der Waals surface area contributed by atoms with Gasteiger partial charge in [0, 0.05) is 0 Å². The van der Waals surface area contributed by atoms with E-state index in [4.69, 9.17) is 0 Å². The Balaban J connectivity index is 1.67. The lowest BCUT2D eigenvalue weighted by atomic mass is 9.38. The highest BCUT2D eigenvalue weighted by Gasteiger charge is 2.66. The molecule has 6 aromatic carbocycles. The Morgan fingerprint density at radius 2 is 0.615 bits per heavy atom. The van der Waals surface area contributed by atoms with Crippen LogP contribution in [-0.4, -0.2) is 0 Å². The number of fused-ring (bicyclic) bond motifs is 9. The zero-order chi connectivity index (χ0) is 25.8. The lowest BCUT2D eigenvalue weighted by Crippen LogP contribution is -2.58. The van der Waals surface area contributed by atoms with Crippen molar-refractivity contribution in [3.8, 4) is 33.4 Å². The maximum atomic E-state index is 2.42. The van der Waals surface area contributed by atoms with Crippen molar-refractivity contribution in [2.75, 3.05) is 0 Å². The number of rotatable bonds is 0. The van der Waals surface area contributed by atoms with E-state index in [9.17, 15) is 0 Å². The molecule has 0 atom stereocenters. The second-order valence-electron chi connectivity index (χ2n) is 11.2. The molecule has 0 nitrogen and oxygen atoms in total. The summed E-state index contributed by atoms with van der Waals surface area (Å²) in [5.41, 5.74) is 16.9. The van der Waals surface area contributed by atoms with Crippen LogP contribution in [0.25, 0.3) is 33.4 Å². The molecular weight excluding hydrogens is 468 g/mol. The van der Waals surface area contributed by atoms with Gasteiger partial charge in [0.05, 0.1) is 10.8 Å². The Kier molecular flexibility index (Phi) is 3.95. The summed E-state index contributed by atoms with van der Waals surface area (Å²) in [5.74, 6) is 0. The third-order valence-electron chi connectivity index (χ3n) is 9.74. The van der Waals surface area contributed by atoms with Crippen LogP contribution in [0.5, 0.6) is 0 Å². The molecule has 182 valence electrons. The number of hydrogen-bond donors (Lipinski definition) is 0. The molecule has 0 aliphatic heterocycles. The van der Waals surface area contributed by atoms with E-state index in [1.165, 1.54) is 72.3 Å². The molecule has 39 heavy (non-hydrogen) atoms. The summed E-state index contributed by atoms with van der Waals surface area (Å²) in [6.07, 6.45) is 0. The average Bonchev–Trinajstić information content (AvgIpc) is 3.01. The lowest BCUT2D eigenvalue weighted by molar-refractivity contribution is 0.405. The molecule has 0 heterocycles. The first-order valence-corrected chi connectivity index (χ1v) is 13.9. The minimum atomic E-state index is -0.432. The Bertz CT molecular complexity index is 1900. The van der Waals surface area contributed by atoms with Gasteiger partial charge in [-0.3, -0.25) is 0 Å². The van der Waals surface area contributed by atoms with Crippen LogP contribution < -0.4 is 0 Å². The zero-order valence-corrected chi connectivity index (χ0v) is 21.8. The minimum Gasteiger partial charge on any atom is -0.0619 e. The fourth-order valence-electron chi connectivity index (χ4n) is 8.63. The first kappa shape index (κ1) is 21.3. The van der Waals surface area contributed by atoms with Crippen LogP contribution in [0.3, 0.4) is 0 Å². The molecule has 0 bridgehead atoms. The molecule has 0 N–H and O–H groups in total. The van der Waals surface area contributed by atoms with Gasteiger partial charge in [0.1, 0.15) is 0 Å². The van der Waals surface area contributed by atoms with Gasteiger partial charge < -0.3 is 0 Å². The van der Waals surface area contributed by atoms with Crippen LogP contribution in [0.1, 0.15) is 38.9 Å². The predicted octanol–water partition coefficient (Wildman–Crippen LogP) is 9.31. The van der Waals surface area contributed by atoms with Gasteiger partial charge >= 0.3 is 0 Å². The monoisotopic (exact) mass is 494 g/mol. The average molecular weight is 495 g/mol. The van der Waals surface area contributed by atoms with Crippen molar-refractivity contribution in [2.45, 2.75) is 17.8 Å². The van der Waals surface area contributed by atoms with Crippen LogP contribution in [-0.2, 0) is 10.8 Å². The molecule has 0 radical (unpaired) electrons. The largest absolute Gasteiger partial charge is 0.0648 e. The van der Waals surface area contributed by atoms with E-state index in [1.807, 2.05) is 0 Å². The summed E-state index contributed by atoms with van der Waals surface area (Å²) in [6, 6.07) is 53.0. The van der Waals surface area contributed by atoms with Gasteiger partial charge in [-0.25, -0.2) is 0 Å². The molecule has 0 heteroatoms. The Morgan fingerprint density at radius 3 is 1.05 bits per heavy atom. The van der Waals surface area contributed by atoms with E-state index in [2.05, 4.69) is 146 Å². The Morgan fingerprint density at radius 1 is 0.308 bits per heavy atom. The van der Waals surface area contributed by atoms with E-state index < -0.39 is 10.8 Å². The first-order chi connectivity index (χ1) is 19.3. The van der Waals surface area contributed by atoms with Crippen molar-refractivity contribution in [1.82, 2.24) is 0 Å². The second-order valence-corrected chi connectivity index (χ2v) is 11.2. The SMILES string of the molecule is Cc1cccc2c1-c1ccccc1C13c4ccccc4-c4ccccc4C21c1ccccc1-c1ccccc13. The number of hydrogen-bond acceptors (Lipinski definition) is 0. The van der Waals surface area contributed by atoms with Crippen molar-refractivity contribution in [3.63, 3.8) is 0 Å². The first-order valence-electron chi connectivity index (χ1n) is 13.9. The smallest absolute Gasteiger partial charge is 0.0619 e. The molecule has 0 unspecified atom stereocenters. The quantitative estimate of drug-likeness (QED) is 0.197. The molecule has 0 saturated carbocycles. The van der Waals surface area contributed by atoms with Crippen molar-refractivity contribution in [2.24, 2.45) is 0 Å². The van der Waals surface area contributed by atoms with E-state index >= 15 is 0 Å². The molecular formula is C39H26. The van der Waals surface area contributed by atoms with Gasteiger partial charge in [0.15, 0.2) is 0 Å². The molecule has 9 rings (SSSR count). The Labute approximate surface area is 229 Å². The van der Waals surface area contributed by atoms with Crippen molar-refractivity contribution in [1.29, 1.82) is 0 Å². The standard InChI is InChI=1S/C39H26/c1-25-13-12-24-36-37(25)30-18-6-11-23-35(30)38-31-19-7-2-14-26(31)28-16-4-9-21-33(28)39(36,38)34-22-10-5-17-29(34)27-15-3-8-20-32(27)38/h2-24H,1H3. The van der Waals surface area contributed by atoms with Crippen LogP contribution in [0.4, 0.5) is 0 Å². The van der Waals surface area contributed by atoms with E-state index in [1.54, 1.807) is 0 Å². The topological polar surface area (TPSA) is 0 Å². The van der Waals surface area contributed by atoms with Crippen molar-refractivity contribution >= 4 is 0 Å². The molecule has 3 aliphatic carbocycles. The molecule has 0 saturated heterocycles. The highest BCUT2D eigenvalue weighted by atomic mass is 14.7. The van der Waals surface area contributed by atoms with Crippen molar-refractivity contribution in [3.05, 3.63) is 178 Å². The van der Waals surface area contributed by atoms with Gasteiger partial charge in [0.2, 0.25) is 0 Å². The third-order valence-corrected chi connectivity index (χ3v) is 9.74. The van der Waals surface area contributed by atoms with Gasteiger partial charge in [0.25, 0.3) is 0 Å². The summed E-state index contributed by atoms with van der Waals surface area (Å²) >= 11 is 0. The number of benzene rings is 6. The number of aryl methyl sites for hydroxylation is 1. The van der Waals surface area contributed by atoms with Gasteiger partial charge in [-0.15, -0.1) is 0 Å². The fraction of sp³-hybridized carbons (Fsp3) is 0.0769. The third kappa shape index (κ3) is 2.22. The summed E-state index contributed by atoms with van der Waals surface area (Å²) in [6.45, 7) is 2.28. The zero-order valence-electron chi connectivity index (χ0n) is 21.8. The van der Waals surface area contributed by atoms with Crippen LogP contribution in [0.2, 0.25) is 0 Å². The summed E-state index contributed by atoms with van der Waals surface area (Å²) < 4.78 is 0. The minimum absolute atomic E-state index is 0.430. The highest BCUT2D eigenvalue weighted by Crippen LogP contribution is 2.73. The van der Waals surface area contributed by atoms with Crippen LogP contribution in [0.15, 0.2) is 140 Å². The van der Waals surface area contributed by atoms with E-state index in [0.717, 1.165) is 0 Å². The highest BCUT2D eigenvalue weighted by molar-refractivity contribution is 5.98. The maximum Gasteiger partial charge on any atom is 0.0648 e. The molecule has 0 fully saturated rings. The maximum absolute atomic E-state index is 2.42. The molecule has 6 aromatic rings. The normalized spacial score (nSPS) is 20.6. The second kappa shape index (κ2) is 7.24. The molecule has 0 aromatic heterocycles. The van der Waals surface area contributed by atoms with Gasteiger partial charge in [-0.1, -0.05) is 140 Å². The summed E-state index contributed by atoms with van der Waals surface area (Å²) in [4.78, 5) is 0. The lowest BCUT2D eigenvalue weighted by Gasteiger charge is -2.62. The molecule has 0 amide bonds. The fourth-order valence-corrected chi connectivity index (χ4v) is 8.63. The van der Waals surface area contributed by atoms with E-state index in [0.29, 0.717) is 0 Å². The Hall–Kier alpha value is -4.68. The van der Waals surface area contributed by atoms with Crippen LogP contribution in [0, 0.1) is 6.92 Å². The molecule has 3 aliphatic rings. The predicted molar refractivity (Wildman–Crippen MR) is 160 cm³/mol. The van der Waals surface area contributed by atoms with Crippen molar-refractivity contribution < 1.29 is 0 Å². The van der Waals surface area contributed by atoms with E-state index in [-0.39, 0.29) is 0 Å². The summed E-state index contributed by atoms with van der Waals surface area (Å²) in [5, 5.41) is 0. The van der Waals surface area contributed by atoms with Crippen LogP contribution >= 0.6 is 0 Å². The van der Waals surface area contributed by atoms with Gasteiger partial charge in [-0.2, -0.15) is 0 Å². The summed E-state index contributed by atoms with van der Waals surface area (Å²) in [7, 11) is 0. The molecule has 0 spiro atoms.